The van der Waals surface area contributed by atoms with Crippen molar-refractivity contribution in [2.45, 2.75) is 65.6 Å². The SMILES string of the molecule is CCCCC(COC(=O)OOOC(C)(C)C)OCC. The van der Waals surface area contributed by atoms with Crippen LogP contribution in [0.4, 0.5) is 4.79 Å². The van der Waals surface area contributed by atoms with Crippen molar-refractivity contribution in [1.82, 2.24) is 0 Å². The molecule has 6 heteroatoms. The van der Waals surface area contributed by atoms with Gasteiger partial charge in [-0.3, -0.25) is 0 Å². The molecule has 6 nitrogen and oxygen atoms in total. The number of rotatable bonds is 9. The van der Waals surface area contributed by atoms with E-state index in [1.165, 1.54) is 0 Å². The number of ether oxygens (including phenoxy) is 2. The topological polar surface area (TPSA) is 63.2 Å². The van der Waals surface area contributed by atoms with Gasteiger partial charge in [0.25, 0.3) is 0 Å². The summed E-state index contributed by atoms with van der Waals surface area (Å²) in [6.45, 7) is 10.0. The van der Waals surface area contributed by atoms with E-state index in [-0.39, 0.29) is 12.7 Å². The molecule has 0 aliphatic carbocycles. The van der Waals surface area contributed by atoms with E-state index in [1.807, 2.05) is 6.92 Å². The minimum Gasteiger partial charge on any atom is -0.430 e. The lowest BCUT2D eigenvalue weighted by Crippen LogP contribution is -2.24. The Morgan fingerprint density at radius 2 is 1.89 bits per heavy atom. The van der Waals surface area contributed by atoms with Crippen molar-refractivity contribution < 1.29 is 29.1 Å². The minimum absolute atomic E-state index is 0.110. The summed E-state index contributed by atoms with van der Waals surface area (Å²) in [5.74, 6) is 0. The van der Waals surface area contributed by atoms with E-state index >= 15 is 0 Å². The second-order valence-electron chi connectivity index (χ2n) is 5.13. The Bertz CT molecular complexity index is 236. The van der Waals surface area contributed by atoms with E-state index in [0.29, 0.717) is 6.61 Å². The monoisotopic (exact) mass is 278 g/mol. The van der Waals surface area contributed by atoms with Crippen LogP contribution in [-0.4, -0.2) is 31.1 Å². The van der Waals surface area contributed by atoms with Gasteiger partial charge in [0.2, 0.25) is 0 Å². The van der Waals surface area contributed by atoms with E-state index in [9.17, 15) is 4.79 Å². The highest BCUT2D eigenvalue weighted by Gasteiger charge is 2.16. The van der Waals surface area contributed by atoms with E-state index in [1.54, 1.807) is 20.8 Å². The first kappa shape index (κ1) is 18.1. The van der Waals surface area contributed by atoms with Gasteiger partial charge in [-0.1, -0.05) is 19.8 Å². The number of carbonyl (C=O) groups is 1. The largest absolute Gasteiger partial charge is 0.542 e. The summed E-state index contributed by atoms with van der Waals surface area (Å²) in [5, 5.41) is 4.32. The zero-order valence-corrected chi connectivity index (χ0v) is 12.6. The second-order valence-corrected chi connectivity index (χ2v) is 5.13. The average molecular weight is 278 g/mol. The summed E-state index contributed by atoms with van der Waals surface area (Å²) in [6, 6.07) is 0. The van der Waals surface area contributed by atoms with Crippen LogP contribution < -0.4 is 0 Å². The van der Waals surface area contributed by atoms with Gasteiger partial charge in [-0.2, -0.15) is 4.89 Å². The second kappa shape index (κ2) is 10.00. The third-order valence-electron chi connectivity index (χ3n) is 2.06. The summed E-state index contributed by atoms with van der Waals surface area (Å²) in [7, 11) is 0. The molecule has 0 aromatic carbocycles. The highest BCUT2D eigenvalue weighted by molar-refractivity contribution is 5.58. The molecule has 0 aliphatic rings. The fraction of sp³-hybridized carbons (Fsp3) is 0.923. The van der Waals surface area contributed by atoms with Crippen molar-refractivity contribution >= 4 is 6.16 Å². The predicted molar refractivity (Wildman–Crippen MR) is 69.3 cm³/mol. The lowest BCUT2D eigenvalue weighted by Gasteiger charge is -2.17. The Balaban J connectivity index is 3.78. The molecular formula is C13H26O6. The number of hydrogen-bond acceptors (Lipinski definition) is 6. The van der Waals surface area contributed by atoms with Crippen molar-refractivity contribution in [1.29, 1.82) is 0 Å². The van der Waals surface area contributed by atoms with Crippen LogP contribution in [0.5, 0.6) is 0 Å². The standard InChI is InChI=1S/C13H26O6/c1-6-8-9-11(15-7-2)10-16-12(14)17-19-18-13(3,4)5/h11H,6-10H2,1-5H3. The van der Waals surface area contributed by atoms with Gasteiger partial charge in [0.05, 0.1) is 11.7 Å². The highest BCUT2D eigenvalue weighted by atomic mass is 17.5. The summed E-state index contributed by atoms with van der Waals surface area (Å²) in [5.41, 5.74) is -0.560. The van der Waals surface area contributed by atoms with Crippen LogP contribution in [0.1, 0.15) is 53.9 Å². The number of hydrogen-bond donors (Lipinski definition) is 0. The molecule has 0 N–H and O–H groups in total. The van der Waals surface area contributed by atoms with Crippen LogP contribution in [0.2, 0.25) is 0 Å². The van der Waals surface area contributed by atoms with Gasteiger partial charge in [0, 0.05) is 6.61 Å². The predicted octanol–water partition coefficient (Wildman–Crippen LogP) is 3.40. The van der Waals surface area contributed by atoms with E-state index in [4.69, 9.17) is 14.4 Å². The first-order valence-electron chi connectivity index (χ1n) is 6.69. The summed E-state index contributed by atoms with van der Waals surface area (Å²) >= 11 is 0. The van der Waals surface area contributed by atoms with E-state index in [0.717, 1.165) is 19.3 Å². The van der Waals surface area contributed by atoms with Crippen molar-refractivity contribution in [3.05, 3.63) is 0 Å². The molecule has 0 bridgehead atoms. The Morgan fingerprint density at radius 1 is 1.21 bits per heavy atom. The van der Waals surface area contributed by atoms with Crippen LogP contribution in [-0.2, 0) is 24.3 Å². The van der Waals surface area contributed by atoms with Crippen LogP contribution >= 0.6 is 0 Å². The number of unbranched alkanes of at least 4 members (excludes halogenated alkanes) is 1. The maximum atomic E-state index is 11.2. The molecule has 0 spiro atoms. The fourth-order valence-corrected chi connectivity index (χ4v) is 1.21. The summed E-state index contributed by atoms with van der Waals surface area (Å²) < 4.78 is 10.3. The first-order chi connectivity index (χ1) is 8.89. The smallest absolute Gasteiger partial charge is 0.430 e. The van der Waals surface area contributed by atoms with E-state index < -0.39 is 11.8 Å². The van der Waals surface area contributed by atoms with Gasteiger partial charge in [0.1, 0.15) is 6.61 Å². The molecular weight excluding hydrogens is 252 g/mol. The van der Waals surface area contributed by atoms with Crippen LogP contribution in [0.3, 0.4) is 0 Å². The molecule has 1 atom stereocenters. The number of carbonyl (C=O) groups excluding carboxylic acids is 1. The molecule has 0 amide bonds. The lowest BCUT2D eigenvalue weighted by atomic mass is 10.2. The molecule has 0 saturated heterocycles. The summed E-state index contributed by atoms with van der Waals surface area (Å²) in [6.07, 6.45) is 1.88. The van der Waals surface area contributed by atoms with Crippen molar-refractivity contribution in [2.24, 2.45) is 0 Å². The lowest BCUT2D eigenvalue weighted by molar-refractivity contribution is -0.514. The molecule has 114 valence electrons. The van der Waals surface area contributed by atoms with Gasteiger partial charge in [-0.05, 0) is 39.2 Å². The molecule has 0 aromatic rings. The molecule has 0 fully saturated rings. The molecule has 19 heavy (non-hydrogen) atoms. The molecule has 0 saturated carbocycles. The van der Waals surface area contributed by atoms with E-state index in [2.05, 4.69) is 16.8 Å². The van der Waals surface area contributed by atoms with Crippen LogP contribution in [0.15, 0.2) is 0 Å². The first-order valence-corrected chi connectivity index (χ1v) is 6.69. The zero-order chi connectivity index (χ0) is 14.7. The third-order valence-corrected chi connectivity index (χ3v) is 2.06. The van der Waals surface area contributed by atoms with Gasteiger partial charge in [-0.25, -0.2) is 9.68 Å². The maximum Gasteiger partial charge on any atom is 0.542 e. The average Bonchev–Trinajstić information content (AvgIpc) is 2.31. The van der Waals surface area contributed by atoms with Crippen LogP contribution in [0.25, 0.3) is 0 Å². The quantitative estimate of drug-likeness (QED) is 0.366. The molecule has 0 aromatic heterocycles. The van der Waals surface area contributed by atoms with Gasteiger partial charge >= 0.3 is 6.16 Å². The summed E-state index contributed by atoms with van der Waals surface area (Å²) in [4.78, 5) is 20.3. The molecule has 0 aliphatic heterocycles. The maximum absolute atomic E-state index is 11.2. The van der Waals surface area contributed by atoms with Crippen LogP contribution in [0, 0.1) is 0 Å². The van der Waals surface area contributed by atoms with Crippen molar-refractivity contribution in [3.63, 3.8) is 0 Å². The van der Waals surface area contributed by atoms with Gasteiger partial charge in [0.15, 0.2) is 0 Å². The Hall–Kier alpha value is -0.850. The molecule has 0 rings (SSSR count). The van der Waals surface area contributed by atoms with Gasteiger partial charge < -0.3 is 9.47 Å². The Labute approximate surface area is 115 Å². The minimum atomic E-state index is -0.939. The Morgan fingerprint density at radius 3 is 2.42 bits per heavy atom. The van der Waals surface area contributed by atoms with Gasteiger partial charge in [-0.15, -0.1) is 0 Å². The van der Waals surface area contributed by atoms with Crippen molar-refractivity contribution in [2.75, 3.05) is 13.2 Å². The Kier molecular flexibility index (Phi) is 9.55. The molecule has 0 heterocycles. The highest BCUT2D eigenvalue weighted by Crippen LogP contribution is 2.09. The third kappa shape index (κ3) is 11.9. The normalized spacial score (nSPS) is 13.1. The van der Waals surface area contributed by atoms with Crippen molar-refractivity contribution in [3.8, 4) is 0 Å². The fourth-order valence-electron chi connectivity index (χ4n) is 1.21. The molecule has 1 unspecified atom stereocenters. The zero-order valence-electron chi connectivity index (χ0n) is 12.6. The molecule has 0 radical (unpaired) electrons.